The highest BCUT2D eigenvalue weighted by Gasteiger charge is 2.39. The Balaban J connectivity index is 2.95. The van der Waals surface area contributed by atoms with E-state index in [0.717, 1.165) is 0 Å². The zero-order valence-electron chi connectivity index (χ0n) is 21.8. The van der Waals surface area contributed by atoms with E-state index in [1.54, 1.807) is 0 Å². The molecule has 0 aromatic rings. The number of aliphatic carboxylic acids is 2. The number of hydrogen-bond acceptors (Lipinski definition) is 8. The van der Waals surface area contributed by atoms with E-state index in [2.05, 4.69) is 20.6 Å². The van der Waals surface area contributed by atoms with Crippen LogP contribution in [0.4, 0.5) is 0 Å². The fourth-order valence-corrected chi connectivity index (χ4v) is 3.98. The van der Waals surface area contributed by atoms with Crippen LogP contribution in [0.2, 0.25) is 0 Å². The molecule has 17 nitrogen and oxygen atoms in total. The summed E-state index contributed by atoms with van der Waals surface area (Å²) in [6.07, 6.45) is 1.10. The van der Waals surface area contributed by atoms with Crippen molar-refractivity contribution in [3.63, 3.8) is 0 Å². The highest BCUT2D eigenvalue weighted by Crippen LogP contribution is 2.20. The first kappa shape index (κ1) is 32.9. The second kappa shape index (κ2) is 16.6. The summed E-state index contributed by atoms with van der Waals surface area (Å²) < 4.78 is 0. The Morgan fingerprint density at radius 2 is 1.44 bits per heavy atom. The Morgan fingerprint density at radius 1 is 0.872 bits per heavy atom. The van der Waals surface area contributed by atoms with Gasteiger partial charge in [-0.25, -0.2) is 4.79 Å². The summed E-state index contributed by atoms with van der Waals surface area (Å²) in [6.45, 7) is 0.577. The summed E-state index contributed by atoms with van der Waals surface area (Å²) in [7, 11) is 0. The highest BCUT2D eigenvalue weighted by molar-refractivity contribution is 5.94. The number of carboxylic acids is 2. The minimum absolute atomic E-state index is 0.0657. The molecule has 0 aliphatic carbocycles. The van der Waals surface area contributed by atoms with Crippen LogP contribution in [0.5, 0.6) is 0 Å². The van der Waals surface area contributed by atoms with Crippen molar-refractivity contribution in [2.24, 2.45) is 38.7 Å². The van der Waals surface area contributed by atoms with Crippen LogP contribution in [-0.2, 0) is 24.0 Å². The van der Waals surface area contributed by atoms with Crippen LogP contribution in [0.15, 0.2) is 9.98 Å². The Kier molecular flexibility index (Phi) is 14.0. The molecule has 1 fully saturated rings. The van der Waals surface area contributed by atoms with E-state index in [-0.39, 0.29) is 57.2 Å². The van der Waals surface area contributed by atoms with E-state index in [1.165, 1.54) is 4.90 Å². The molecule has 0 spiro atoms. The first-order valence-electron chi connectivity index (χ1n) is 12.6. The fraction of sp³-hybridized carbons (Fsp3) is 0.682. The van der Waals surface area contributed by atoms with Gasteiger partial charge in [-0.15, -0.1) is 0 Å². The largest absolute Gasteiger partial charge is 0.481 e. The summed E-state index contributed by atoms with van der Waals surface area (Å²) in [5, 5.41) is 23.4. The van der Waals surface area contributed by atoms with Gasteiger partial charge in [0.1, 0.15) is 18.1 Å². The smallest absolute Gasteiger partial charge is 0.326 e. The number of nitrogens with one attached hydrogen (secondary N) is 2. The van der Waals surface area contributed by atoms with Gasteiger partial charge in [-0.2, -0.15) is 0 Å². The lowest BCUT2D eigenvalue weighted by Crippen LogP contribution is -2.56. The molecular weight excluding hydrogens is 516 g/mol. The van der Waals surface area contributed by atoms with Gasteiger partial charge in [0.2, 0.25) is 17.7 Å². The van der Waals surface area contributed by atoms with Crippen molar-refractivity contribution < 1.29 is 34.2 Å². The third kappa shape index (κ3) is 12.3. The molecule has 39 heavy (non-hydrogen) atoms. The van der Waals surface area contributed by atoms with Gasteiger partial charge in [-0.05, 0) is 44.9 Å². The summed E-state index contributed by atoms with van der Waals surface area (Å²) in [6, 6.07) is -4.42. The number of rotatable bonds is 17. The predicted molar refractivity (Wildman–Crippen MR) is 141 cm³/mol. The van der Waals surface area contributed by atoms with Crippen molar-refractivity contribution in [1.82, 2.24) is 15.5 Å². The SMILES string of the molecule is NC(N)=NCCCC(NC(=O)C1CCCN1C(=O)C(CCCN=C(N)N)NC(=O)C(N)CCC(=O)O)C(=O)O. The fourth-order valence-electron chi connectivity index (χ4n) is 3.98. The number of carboxylic acid groups (broad SMARTS) is 2. The average molecular weight is 557 g/mol. The number of aliphatic imine (C=N–C) groups is 2. The van der Waals surface area contributed by atoms with Gasteiger partial charge < -0.3 is 54.4 Å². The topological polar surface area (TPSA) is 308 Å². The monoisotopic (exact) mass is 556 g/mol. The van der Waals surface area contributed by atoms with Crippen molar-refractivity contribution in [2.45, 2.75) is 75.5 Å². The summed E-state index contributed by atoms with van der Waals surface area (Å²) >= 11 is 0. The molecule has 220 valence electrons. The van der Waals surface area contributed by atoms with Crippen molar-refractivity contribution in [3.05, 3.63) is 0 Å². The van der Waals surface area contributed by atoms with Crippen LogP contribution in [0, 0.1) is 0 Å². The molecule has 17 heteroatoms. The molecule has 0 aromatic carbocycles. The van der Waals surface area contributed by atoms with Gasteiger partial charge in [0.25, 0.3) is 0 Å². The van der Waals surface area contributed by atoms with Gasteiger partial charge in [-0.1, -0.05) is 0 Å². The predicted octanol–water partition coefficient (Wildman–Crippen LogP) is -3.67. The lowest BCUT2D eigenvalue weighted by molar-refractivity contribution is -0.145. The third-order valence-electron chi connectivity index (χ3n) is 5.96. The zero-order chi connectivity index (χ0) is 29.5. The maximum absolute atomic E-state index is 13.5. The molecule has 0 saturated carbocycles. The second-order valence-corrected chi connectivity index (χ2v) is 9.09. The molecule has 1 rings (SSSR count). The number of guanidine groups is 2. The number of carbonyl (C=O) groups is 5. The maximum atomic E-state index is 13.5. The molecule has 4 unspecified atom stereocenters. The van der Waals surface area contributed by atoms with Gasteiger partial charge in [0, 0.05) is 26.1 Å². The lowest BCUT2D eigenvalue weighted by Gasteiger charge is -2.30. The van der Waals surface area contributed by atoms with Crippen LogP contribution in [0.1, 0.15) is 51.4 Å². The molecule has 0 radical (unpaired) electrons. The van der Waals surface area contributed by atoms with Crippen molar-refractivity contribution in [1.29, 1.82) is 0 Å². The molecule has 1 saturated heterocycles. The van der Waals surface area contributed by atoms with Crippen LogP contribution in [-0.4, -0.2) is 100 Å². The van der Waals surface area contributed by atoms with E-state index in [9.17, 15) is 29.1 Å². The molecule has 3 amide bonds. The van der Waals surface area contributed by atoms with E-state index >= 15 is 0 Å². The van der Waals surface area contributed by atoms with Crippen molar-refractivity contribution in [3.8, 4) is 0 Å². The Labute approximate surface area is 225 Å². The number of amides is 3. The Morgan fingerprint density at radius 3 is 1.95 bits per heavy atom. The van der Waals surface area contributed by atoms with Crippen LogP contribution in [0.3, 0.4) is 0 Å². The number of nitrogens with two attached hydrogens (primary N) is 5. The molecular formula is C22H40N10O7. The molecule has 0 aromatic heterocycles. The summed E-state index contributed by atoms with van der Waals surface area (Å²) in [5.41, 5.74) is 27.0. The molecule has 1 heterocycles. The molecule has 0 bridgehead atoms. The van der Waals surface area contributed by atoms with Gasteiger partial charge in [-0.3, -0.25) is 29.2 Å². The Bertz CT molecular complexity index is 934. The minimum Gasteiger partial charge on any atom is -0.481 e. The van der Waals surface area contributed by atoms with Crippen LogP contribution in [0.25, 0.3) is 0 Å². The van der Waals surface area contributed by atoms with E-state index < -0.39 is 53.8 Å². The number of nitrogens with zero attached hydrogens (tertiary/aromatic N) is 3. The molecule has 1 aliphatic rings. The number of likely N-dealkylation sites (tertiary alicyclic amines) is 1. The summed E-state index contributed by atoms with van der Waals surface area (Å²) in [5.74, 6) is -4.55. The third-order valence-corrected chi connectivity index (χ3v) is 5.96. The quantitative estimate of drug-likeness (QED) is 0.0475. The van der Waals surface area contributed by atoms with E-state index in [1.807, 2.05) is 0 Å². The first-order valence-corrected chi connectivity index (χ1v) is 12.6. The van der Waals surface area contributed by atoms with Gasteiger partial charge in [0.15, 0.2) is 11.9 Å². The highest BCUT2D eigenvalue weighted by atomic mass is 16.4. The normalized spacial score (nSPS) is 16.8. The standard InChI is InChI=1S/C22H40N10O7/c23-12(7-8-16(33)34)17(35)30-13(4-1-9-28-21(24)25)19(37)32-11-3-6-15(32)18(36)31-14(20(38)39)5-2-10-29-22(26)27/h12-15H,1-11,23H2,(H,30,35)(H,31,36)(H,33,34)(H,38,39)(H4,24,25,28)(H4,26,27,29). The van der Waals surface area contributed by atoms with Crippen molar-refractivity contribution >= 4 is 41.6 Å². The van der Waals surface area contributed by atoms with Crippen LogP contribution < -0.4 is 39.3 Å². The van der Waals surface area contributed by atoms with E-state index in [4.69, 9.17) is 33.8 Å². The number of hydrogen-bond donors (Lipinski definition) is 9. The summed E-state index contributed by atoms with van der Waals surface area (Å²) in [4.78, 5) is 70.5. The van der Waals surface area contributed by atoms with Gasteiger partial charge in [0.05, 0.1) is 6.04 Å². The molecule has 4 atom stereocenters. The maximum Gasteiger partial charge on any atom is 0.326 e. The molecule has 14 N–H and O–H groups in total. The van der Waals surface area contributed by atoms with Crippen LogP contribution >= 0.6 is 0 Å². The lowest BCUT2D eigenvalue weighted by atomic mass is 10.1. The second-order valence-electron chi connectivity index (χ2n) is 9.09. The zero-order valence-corrected chi connectivity index (χ0v) is 21.8. The average Bonchev–Trinajstić information content (AvgIpc) is 3.35. The van der Waals surface area contributed by atoms with Crippen molar-refractivity contribution in [2.75, 3.05) is 19.6 Å². The van der Waals surface area contributed by atoms with E-state index in [0.29, 0.717) is 25.7 Å². The Hall–Kier alpha value is -4.15. The van der Waals surface area contributed by atoms with Gasteiger partial charge >= 0.3 is 11.9 Å². The minimum atomic E-state index is -1.25. The first-order chi connectivity index (χ1) is 18.3. The number of carbonyl (C=O) groups excluding carboxylic acids is 3. The molecule has 1 aliphatic heterocycles.